The van der Waals surface area contributed by atoms with Crippen LogP contribution in [0.1, 0.15) is 17.5 Å². The smallest absolute Gasteiger partial charge is 0.313 e. The number of rotatable bonds is 7. The minimum atomic E-state index is -2.00. The average molecular weight is 390 g/mol. The number of nitro groups is 1. The van der Waals surface area contributed by atoms with Crippen molar-refractivity contribution in [3.63, 3.8) is 0 Å². The van der Waals surface area contributed by atoms with Crippen LogP contribution in [0.5, 0.6) is 11.5 Å². The van der Waals surface area contributed by atoms with E-state index in [2.05, 4.69) is 0 Å². The van der Waals surface area contributed by atoms with Crippen molar-refractivity contribution in [1.82, 2.24) is 5.06 Å². The SMILES string of the molecule is CN(O)C(=O)C(=O)CC(O)(Cc1ccc([N+](=O)[O-])cc1)c1ccc(O)c(O)c1. The fourth-order valence-electron chi connectivity index (χ4n) is 2.67. The molecule has 0 saturated heterocycles. The van der Waals surface area contributed by atoms with Gasteiger partial charge in [-0.15, -0.1) is 0 Å². The number of aromatic hydroxyl groups is 2. The third-order valence-corrected chi connectivity index (χ3v) is 4.14. The molecule has 10 heteroatoms. The lowest BCUT2D eigenvalue weighted by molar-refractivity contribution is -0.384. The van der Waals surface area contributed by atoms with Crippen molar-refractivity contribution in [3.8, 4) is 11.5 Å². The van der Waals surface area contributed by atoms with Gasteiger partial charge in [-0.1, -0.05) is 18.2 Å². The highest BCUT2D eigenvalue weighted by Crippen LogP contribution is 2.35. The summed E-state index contributed by atoms with van der Waals surface area (Å²) in [7, 11) is 0.960. The summed E-state index contributed by atoms with van der Waals surface area (Å²) in [5, 5.41) is 50.3. The maximum Gasteiger partial charge on any atom is 0.313 e. The van der Waals surface area contributed by atoms with Crippen molar-refractivity contribution in [3.05, 3.63) is 63.7 Å². The largest absolute Gasteiger partial charge is 0.504 e. The highest BCUT2D eigenvalue weighted by atomic mass is 16.6. The summed E-state index contributed by atoms with van der Waals surface area (Å²) in [6, 6.07) is 8.62. The second kappa shape index (κ2) is 8.03. The number of likely N-dealkylation sites (N-methyl/N-ethyl adjacent to an activating group) is 1. The molecule has 2 aromatic carbocycles. The van der Waals surface area contributed by atoms with E-state index in [-0.39, 0.29) is 22.7 Å². The number of carbonyl (C=O) groups is 2. The van der Waals surface area contributed by atoms with Gasteiger partial charge in [-0.25, -0.2) is 5.06 Å². The van der Waals surface area contributed by atoms with Crippen molar-refractivity contribution in [2.24, 2.45) is 0 Å². The molecule has 0 bridgehead atoms. The van der Waals surface area contributed by atoms with Gasteiger partial charge in [0.1, 0.15) is 5.60 Å². The zero-order valence-electron chi connectivity index (χ0n) is 14.8. The van der Waals surface area contributed by atoms with Gasteiger partial charge in [-0.2, -0.15) is 0 Å². The first-order valence-corrected chi connectivity index (χ1v) is 8.01. The number of carbonyl (C=O) groups excluding carboxylic acids is 2. The van der Waals surface area contributed by atoms with Crippen LogP contribution in [0.15, 0.2) is 42.5 Å². The van der Waals surface area contributed by atoms with Crippen LogP contribution in [0.25, 0.3) is 0 Å². The molecule has 0 aliphatic rings. The Kier molecular flexibility index (Phi) is 5.96. The van der Waals surface area contributed by atoms with Crippen molar-refractivity contribution in [2.45, 2.75) is 18.4 Å². The molecule has 2 aromatic rings. The Morgan fingerprint density at radius 2 is 1.71 bits per heavy atom. The standard InChI is InChI=1S/C18H18N2O8/c1-19(26)17(24)16(23)10-18(25,12-4-7-14(21)15(22)8-12)9-11-2-5-13(6-3-11)20(27)28/h2-8,21-22,25-26H,9-10H2,1H3. The predicted octanol–water partition coefficient (Wildman–Crippen LogP) is 1.24. The second-order valence-corrected chi connectivity index (χ2v) is 6.26. The van der Waals surface area contributed by atoms with Crippen LogP contribution in [-0.4, -0.2) is 49.3 Å². The topological polar surface area (TPSA) is 161 Å². The van der Waals surface area contributed by atoms with Gasteiger partial charge < -0.3 is 15.3 Å². The molecule has 0 aliphatic carbocycles. The lowest BCUT2D eigenvalue weighted by Gasteiger charge is -2.28. The van der Waals surface area contributed by atoms with Gasteiger partial charge in [-0.05, 0) is 23.3 Å². The number of hydrogen-bond acceptors (Lipinski definition) is 8. The highest BCUT2D eigenvalue weighted by molar-refractivity contribution is 6.35. The molecule has 0 heterocycles. The van der Waals surface area contributed by atoms with Gasteiger partial charge >= 0.3 is 5.91 Å². The molecule has 0 fully saturated rings. The first-order valence-electron chi connectivity index (χ1n) is 8.01. The molecule has 0 saturated carbocycles. The first-order chi connectivity index (χ1) is 13.0. The fourth-order valence-corrected chi connectivity index (χ4v) is 2.67. The average Bonchev–Trinajstić information content (AvgIpc) is 2.63. The predicted molar refractivity (Wildman–Crippen MR) is 94.6 cm³/mol. The van der Waals surface area contributed by atoms with Crippen molar-refractivity contribution in [2.75, 3.05) is 7.05 Å². The molecule has 28 heavy (non-hydrogen) atoms. The van der Waals surface area contributed by atoms with Gasteiger partial charge in [0, 0.05) is 32.0 Å². The van der Waals surface area contributed by atoms with E-state index in [1.54, 1.807) is 0 Å². The quantitative estimate of drug-likeness (QED) is 0.180. The monoisotopic (exact) mass is 390 g/mol. The van der Waals surface area contributed by atoms with Crippen LogP contribution in [0.2, 0.25) is 0 Å². The molecule has 1 atom stereocenters. The number of amides is 1. The van der Waals surface area contributed by atoms with Gasteiger partial charge in [0.15, 0.2) is 11.5 Å². The van der Waals surface area contributed by atoms with E-state index in [4.69, 9.17) is 5.21 Å². The highest BCUT2D eigenvalue weighted by Gasteiger charge is 2.36. The fraction of sp³-hybridized carbons (Fsp3) is 0.222. The molecule has 0 aromatic heterocycles. The zero-order chi connectivity index (χ0) is 21.1. The maximum absolute atomic E-state index is 12.1. The number of nitro benzene ring substituents is 1. The number of nitrogens with zero attached hydrogens (tertiary/aromatic N) is 2. The summed E-state index contributed by atoms with van der Waals surface area (Å²) in [5.74, 6) is -3.33. The van der Waals surface area contributed by atoms with Crippen LogP contribution >= 0.6 is 0 Å². The van der Waals surface area contributed by atoms with Gasteiger partial charge in [0.05, 0.1) is 4.92 Å². The van der Waals surface area contributed by atoms with Gasteiger partial charge in [0.2, 0.25) is 5.78 Å². The van der Waals surface area contributed by atoms with Crippen LogP contribution in [0.3, 0.4) is 0 Å². The summed E-state index contributed by atoms with van der Waals surface area (Å²) >= 11 is 0. The van der Waals surface area contributed by atoms with E-state index in [0.717, 1.165) is 19.2 Å². The molecule has 0 aliphatic heterocycles. The Bertz CT molecular complexity index is 910. The van der Waals surface area contributed by atoms with Crippen LogP contribution in [0, 0.1) is 10.1 Å². The number of phenolic OH excluding ortho intramolecular Hbond substituents is 2. The molecule has 148 valence electrons. The molecule has 1 amide bonds. The number of benzene rings is 2. The van der Waals surface area contributed by atoms with Crippen molar-refractivity contribution in [1.29, 1.82) is 0 Å². The third kappa shape index (κ3) is 4.61. The lowest BCUT2D eigenvalue weighted by Crippen LogP contribution is -2.38. The molecular weight excluding hydrogens is 372 g/mol. The van der Waals surface area contributed by atoms with E-state index >= 15 is 0 Å². The third-order valence-electron chi connectivity index (χ3n) is 4.14. The lowest BCUT2D eigenvalue weighted by atomic mass is 9.82. The number of Topliss-reactive ketones (excluding diaryl/α,β-unsaturated/α-hetero) is 1. The van der Waals surface area contributed by atoms with Crippen LogP contribution in [0.4, 0.5) is 5.69 Å². The Balaban J connectivity index is 2.42. The first kappa shape index (κ1) is 20.8. The minimum Gasteiger partial charge on any atom is -0.504 e. The summed E-state index contributed by atoms with van der Waals surface area (Å²) < 4.78 is 0. The molecule has 0 radical (unpaired) electrons. The minimum absolute atomic E-state index is 0.0305. The normalized spacial score (nSPS) is 12.8. The molecule has 0 spiro atoms. The summed E-state index contributed by atoms with van der Waals surface area (Å²) in [6.45, 7) is 0. The Labute approximate surface area is 159 Å². The van der Waals surface area contributed by atoms with E-state index in [9.17, 15) is 35.0 Å². The molecule has 10 nitrogen and oxygen atoms in total. The van der Waals surface area contributed by atoms with Gasteiger partial charge in [-0.3, -0.25) is 24.9 Å². The Morgan fingerprint density at radius 1 is 1.11 bits per heavy atom. The summed E-state index contributed by atoms with van der Waals surface area (Å²) in [5.41, 5.74) is -1.71. The van der Waals surface area contributed by atoms with E-state index in [0.29, 0.717) is 5.56 Å². The summed E-state index contributed by atoms with van der Waals surface area (Å²) in [4.78, 5) is 34.0. The van der Waals surface area contributed by atoms with Crippen molar-refractivity contribution < 1.29 is 35.0 Å². The molecule has 1 unspecified atom stereocenters. The number of aliphatic hydroxyl groups is 1. The van der Waals surface area contributed by atoms with Crippen LogP contribution < -0.4 is 0 Å². The van der Waals surface area contributed by atoms with E-state index in [1.165, 1.54) is 30.3 Å². The number of hydroxylamine groups is 2. The van der Waals surface area contributed by atoms with Crippen LogP contribution in [-0.2, 0) is 21.6 Å². The van der Waals surface area contributed by atoms with E-state index in [1.807, 2.05) is 0 Å². The number of ketones is 1. The molecule has 4 N–H and O–H groups in total. The molecular formula is C18H18N2O8. The van der Waals surface area contributed by atoms with Crippen molar-refractivity contribution >= 4 is 17.4 Å². The number of hydrogen-bond donors (Lipinski definition) is 4. The van der Waals surface area contributed by atoms with E-state index < -0.39 is 40.1 Å². The summed E-state index contributed by atoms with van der Waals surface area (Å²) in [6.07, 6.45) is -0.971. The maximum atomic E-state index is 12.1. The zero-order valence-corrected chi connectivity index (χ0v) is 14.8. The number of non-ortho nitro benzene ring substituents is 1. The Morgan fingerprint density at radius 3 is 2.21 bits per heavy atom. The van der Waals surface area contributed by atoms with Gasteiger partial charge in [0.25, 0.3) is 5.69 Å². The molecule has 2 rings (SSSR count). The Hall–Kier alpha value is -3.50. The second-order valence-electron chi connectivity index (χ2n) is 6.26. The number of phenols is 2.